The highest BCUT2D eigenvalue weighted by Crippen LogP contribution is 2.36. The number of aromatic nitrogens is 5. The molecule has 0 spiro atoms. The number of benzene rings is 1. The maximum absolute atomic E-state index is 5.26. The fraction of sp³-hybridized carbons (Fsp3) is 0.273. The molecule has 156 valence electrons. The van der Waals surface area contributed by atoms with Crippen LogP contribution in [0.2, 0.25) is 0 Å². The van der Waals surface area contributed by atoms with Crippen molar-refractivity contribution in [3.8, 4) is 5.75 Å². The van der Waals surface area contributed by atoms with E-state index in [0.29, 0.717) is 0 Å². The van der Waals surface area contributed by atoms with Gasteiger partial charge in [0.25, 0.3) is 0 Å². The minimum absolute atomic E-state index is 0.0125. The second-order valence-corrected chi connectivity index (χ2v) is 8.93. The van der Waals surface area contributed by atoms with Crippen LogP contribution >= 0.6 is 11.3 Å². The molecule has 1 aromatic carbocycles. The highest BCUT2D eigenvalue weighted by atomic mass is 32.1. The molecule has 0 saturated carbocycles. The highest BCUT2D eigenvalue weighted by Gasteiger charge is 2.29. The molecule has 0 radical (unpaired) electrons. The number of aryl methyl sites for hydroxylation is 2. The first-order valence-electron chi connectivity index (χ1n) is 10.2. The van der Waals surface area contributed by atoms with Gasteiger partial charge in [0, 0.05) is 17.1 Å². The molecule has 31 heavy (non-hydrogen) atoms. The molecule has 1 saturated heterocycles. The number of ether oxygens (including phenoxy) is 1. The van der Waals surface area contributed by atoms with Gasteiger partial charge in [0.2, 0.25) is 0 Å². The minimum atomic E-state index is 0.0125. The molecular weight excluding hydrogens is 410 g/mol. The zero-order valence-electron chi connectivity index (χ0n) is 17.4. The predicted molar refractivity (Wildman–Crippen MR) is 120 cm³/mol. The van der Waals surface area contributed by atoms with E-state index in [2.05, 4.69) is 41.0 Å². The molecule has 1 aliphatic rings. The number of rotatable bonds is 3. The summed E-state index contributed by atoms with van der Waals surface area (Å²) >= 11 is 1.63. The van der Waals surface area contributed by atoms with Crippen LogP contribution in [0.3, 0.4) is 0 Å². The van der Waals surface area contributed by atoms with Gasteiger partial charge in [-0.1, -0.05) is 12.1 Å². The first-order chi connectivity index (χ1) is 15.1. The van der Waals surface area contributed by atoms with Crippen molar-refractivity contribution in [2.45, 2.75) is 32.4 Å². The molecule has 4 aromatic heterocycles. The SMILES string of the molecule is COc1ccc(C2CC(c3nc4c5sc6nc(C)cc(C)c6c5ncn4n3)NN2)cc1. The summed E-state index contributed by atoms with van der Waals surface area (Å²) in [6.45, 7) is 4.13. The first kappa shape index (κ1) is 18.6. The summed E-state index contributed by atoms with van der Waals surface area (Å²) in [5.74, 6) is 1.61. The van der Waals surface area contributed by atoms with Crippen molar-refractivity contribution in [1.29, 1.82) is 0 Å². The second-order valence-electron chi connectivity index (χ2n) is 7.93. The molecule has 6 rings (SSSR count). The largest absolute Gasteiger partial charge is 0.497 e. The van der Waals surface area contributed by atoms with Crippen LogP contribution < -0.4 is 15.6 Å². The van der Waals surface area contributed by atoms with Gasteiger partial charge < -0.3 is 4.74 Å². The number of hydrogen-bond donors (Lipinski definition) is 2. The van der Waals surface area contributed by atoms with E-state index in [0.717, 1.165) is 49.8 Å². The molecular formula is C22H21N7OS. The Morgan fingerprint density at radius 1 is 1.10 bits per heavy atom. The van der Waals surface area contributed by atoms with E-state index in [9.17, 15) is 0 Å². The molecule has 1 fully saturated rings. The van der Waals surface area contributed by atoms with Gasteiger partial charge in [0.1, 0.15) is 21.6 Å². The maximum Gasteiger partial charge on any atom is 0.176 e. The summed E-state index contributed by atoms with van der Waals surface area (Å²) in [5.41, 5.74) is 11.9. The molecule has 5 heterocycles. The van der Waals surface area contributed by atoms with E-state index < -0.39 is 0 Å². The second kappa shape index (κ2) is 6.94. The van der Waals surface area contributed by atoms with Crippen LogP contribution in [0.25, 0.3) is 26.1 Å². The Morgan fingerprint density at radius 2 is 1.90 bits per heavy atom. The molecule has 2 N–H and O–H groups in total. The Morgan fingerprint density at radius 3 is 2.71 bits per heavy atom. The fourth-order valence-electron chi connectivity index (χ4n) is 4.31. The van der Waals surface area contributed by atoms with Crippen LogP contribution in [0.15, 0.2) is 36.7 Å². The molecule has 0 aliphatic carbocycles. The van der Waals surface area contributed by atoms with Gasteiger partial charge in [-0.05, 0) is 49.6 Å². The smallest absolute Gasteiger partial charge is 0.176 e. The lowest BCUT2D eigenvalue weighted by Crippen LogP contribution is -2.27. The Balaban J connectivity index is 1.37. The molecule has 2 atom stereocenters. The number of methoxy groups -OCH3 is 1. The van der Waals surface area contributed by atoms with Crippen LogP contribution in [0.1, 0.15) is 41.1 Å². The molecule has 9 heteroatoms. The predicted octanol–water partition coefficient (Wildman–Crippen LogP) is 3.79. The first-order valence-corrected chi connectivity index (χ1v) is 11.0. The van der Waals surface area contributed by atoms with Crippen molar-refractivity contribution in [3.63, 3.8) is 0 Å². The van der Waals surface area contributed by atoms with Gasteiger partial charge >= 0.3 is 0 Å². The summed E-state index contributed by atoms with van der Waals surface area (Å²) in [4.78, 5) is 15.3. The number of nitrogens with zero attached hydrogens (tertiary/aromatic N) is 5. The molecule has 0 bridgehead atoms. The van der Waals surface area contributed by atoms with Crippen molar-refractivity contribution in [2.75, 3.05) is 7.11 Å². The lowest BCUT2D eigenvalue weighted by atomic mass is 10.0. The van der Waals surface area contributed by atoms with Crippen LogP contribution in [0.5, 0.6) is 5.75 Å². The molecule has 8 nitrogen and oxygen atoms in total. The van der Waals surface area contributed by atoms with Gasteiger partial charge in [0.15, 0.2) is 11.5 Å². The molecule has 1 aliphatic heterocycles. The standard InChI is InChI=1S/C22H21N7OS/c1-11-8-12(2)24-22-17(11)18-19(31-22)21-25-20(28-29(21)10-23-18)16-9-15(26-27-16)13-4-6-14(30-3)7-5-13/h4-8,10,15-16,26-27H,9H2,1-3H3. The van der Waals surface area contributed by atoms with Crippen molar-refractivity contribution < 1.29 is 4.74 Å². The summed E-state index contributed by atoms with van der Waals surface area (Å²) in [5, 5.41) is 5.83. The number of fused-ring (bicyclic) bond motifs is 5. The van der Waals surface area contributed by atoms with Gasteiger partial charge in [-0.15, -0.1) is 16.4 Å². The summed E-state index contributed by atoms with van der Waals surface area (Å²) in [7, 11) is 1.68. The van der Waals surface area contributed by atoms with Crippen molar-refractivity contribution in [3.05, 3.63) is 59.3 Å². The lowest BCUT2D eigenvalue weighted by molar-refractivity contribution is 0.414. The van der Waals surface area contributed by atoms with Gasteiger partial charge in [-0.3, -0.25) is 0 Å². The number of nitrogens with one attached hydrogen (secondary N) is 2. The maximum atomic E-state index is 5.26. The van der Waals surface area contributed by atoms with Crippen molar-refractivity contribution in [1.82, 2.24) is 35.4 Å². The lowest BCUT2D eigenvalue weighted by Gasteiger charge is -2.10. The van der Waals surface area contributed by atoms with Crippen LogP contribution in [0, 0.1) is 13.8 Å². The topological polar surface area (TPSA) is 89.3 Å². The monoisotopic (exact) mass is 431 g/mol. The van der Waals surface area contributed by atoms with Gasteiger partial charge in [-0.25, -0.2) is 30.3 Å². The van der Waals surface area contributed by atoms with E-state index >= 15 is 0 Å². The third-order valence-electron chi connectivity index (χ3n) is 5.84. The van der Waals surface area contributed by atoms with E-state index in [1.165, 1.54) is 11.1 Å². The normalized spacial score (nSPS) is 19.1. The number of thiophene rings is 1. The summed E-state index contributed by atoms with van der Waals surface area (Å²) < 4.78 is 8.06. The van der Waals surface area contributed by atoms with Crippen LogP contribution in [-0.2, 0) is 0 Å². The van der Waals surface area contributed by atoms with E-state index in [1.54, 1.807) is 29.3 Å². The number of pyridine rings is 1. The average Bonchev–Trinajstić information content (AvgIpc) is 3.49. The minimum Gasteiger partial charge on any atom is -0.497 e. The zero-order chi connectivity index (χ0) is 21.1. The molecule has 2 unspecified atom stereocenters. The average molecular weight is 432 g/mol. The Bertz CT molecular complexity index is 1440. The Kier molecular flexibility index (Phi) is 4.17. The van der Waals surface area contributed by atoms with E-state index in [-0.39, 0.29) is 12.1 Å². The van der Waals surface area contributed by atoms with Crippen molar-refractivity contribution >= 4 is 37.4 Å². The third-order valence-corrected chi connectivity index (χ3v) is 6.91. The number of hydrogen-bond acceptors (Lipinski definition) is 8. The fourth-order valence-corrected chi connectivity index (χ4v) is 5.54. The Hall–Kier alpha value is -3.14. The van der Waals surface area contributed by atoms with E-state index in [1.807, 2.05) is 19.1 Å². The van der Waals surface area contributed by atoms with Crippen LogP contribution in [0.4, 0.5) is 0 Å². The van der Waals surface area contributed by atoms with Crippen molar-refractivity contribution in [2.24, 2.45) is 0 Å². The Labute approximate surface area is 182 Å². The third kappa shape index (κ3) is 2.96. The van der Waals surface area contributed by atoms with Gasteiger partial charge in [-0.2, -0.15) is 0 Å². The summed E-state index contributed by atoms with van der Waals surface area (Å²) in [6, 6.07) is 10.4. The number of hydrazine groups is 1. The highest BCUT2D eigenvalue weighted by molar-refractivity contribution is 7.26. The zero-order valence-corrected chi connectivity index (χ0v) is 18.2. The summed E-state index contributed by atoms with van der Waals surface area (Å²) in [6.07, 6.45) is 2.61. The van der Waals surface area contributed by atoms with Crippen LogP contribution in [-0.4, -0.2) is 31.7 Å². The molecule has 5 aromatic rings. The van der Waals surface area contributed by atoms with Gasteiger partial charge in [0.05, 0.1) is 18.7 Å². The quantitative estimate of drug-likeness (QED) is 0.449. The molecule has 0 amide bonds. The van der Waals surface area contributed by atoms with E-state index in [4.69, 9.17) is 19.8 Å².